The monoisotopic (exact) mass is 436 g/mol. The van der Waals surface area contributed by atoms with Crippen LogP contribution in [0.1, 0.15) is 24.8 Å². The summed E-state index contributed by atoms with van der Waals surface area (Å²) in [5.41, 5.74) is 2.67. The summed E-state index contributed by atoms with van der Waals surface area (Å²) in [7, 11) is 0. The van der Waals surface area contributed by atoms with Crippen molar-refractivity contribution in [2.75, 3.05) is 16.0 Å². The molecule has 0 saturated heterocycles. The van der Waals surface area contributed by atoms with E-state index in [4.69, 9.17) is 11.5 Å². The number of para-hydroxylation sites is 1. The van der Waals surface area contributed by atoms with Crippen molar-refractivity contribution in [2.24, 2.45) is 0 Å². The predicted molar refractivity (Wildman–Crippen MR) is 121 cm³/mol. The molecule has 2 aromatic rings. The van der Waals surface area contributed by atoms with Gasteiger partial charge in [-0.1, -0.05) is 24.1 Å². The third kappa shape index (κ3) is 8.20. The van der Waals surface area contributed by atoms with E-state index in [1.165, 1.54) is 0 Å². The SMILES string of the molecule is C#CC(CC(=O)O)NC(=O)CCC(=O)Nc1ccc(NC(=O)Nc2ccccc2C)cc1. The number of carboxylic acid groups (broad SMARTS) is 1. The molecule has 1 atom stereocenters. The Morgan fingerprint density at radius 3 is 2.09 bits per heavy atom. The molecule has 0 fully saturated rings. The van der Waals surface area contributed by atoms with Crippen LogP contribution in [0.2, 0.25) is 0 Å². The van der Waals surface area contributed by atoms with Crippen molar-refractivity contribution in [1.82, 2.24) is 5.32 Å². The van der Waals surface area contributed by atoms with E-state index in [9.17, 15) is 19.2 Å². The molecule has 0 aliphatic carbocycles. The molecule has 0 bridgehead atoms. The first-order valence-electron chi connectivity index (χ1n) is 9.77. The predicted octanol–water partition coefficient (Wildman–Crippen LogP) is 2.95. The minimum absolute atomic E-state index is 0.102. The molecule has 5 N–H and O–H groups in total. The Bertz CT molecular complexity index is 1030. The fourth-order valence-electron chi connectivity index (χ4n) is 2.68. The van der Waals surface area contributed by atoms with Crippen LogP contribution in [-0.2, 0) is 14.4 Å². The number of rotatable bonds is 9. The van der Waals surface area contributed by atoms with Gasteiger partial charge in [0.1, 0.15) is 6.04 Å². The number of nitrogens with one attached hydrogen (secondary N) is 4. The number of aliphatic carboxylic acids is 1. The Hall–Kier alpha value is -4.32. The van der Waals surface area contributed by atoms with Crippen LogP contribution in [0.3, 0.4) is 0 Å². The van der Waals surface area contributed by atoms with E-state index >= 15 is 0 Å². The molecule has 1 unspecified atom stereocenters. The Kier molecular flexibility index (Phi) is 8.80. The molecular weight excluding hydrogens is 412 g/mol. The lowest BCUT2D eigenvalue weighted by Gasteiger charge is -2.11. The van der Waals surface area contributed by atoms with E-state index in [0.29, 0.717) is 17.1 Å². The molecule has 2 rings (SSSR count). The summed E-state index contributed by atoms with van der Waals surface area (Å²) in [5.74, 6) is 0.145. The summed E-state index contributed by atoms with van der Waals surface area (Å²) in [6.07, 6.45) is 4.55. The number of hydrogen-bond donors (Lipinski definition) is 5. The lowest BCUT2D eigenvalue weighted by molar-refractivity contribution is -0.137. The van der Waals surface area contributed by atoms with E-state index in [1.807, 2.05) is 25.1 Å². The van der Waals surface area contributed by atoms with Crippen molar-refractivity contribution >= 4 is 40.9 Å². The molecule has 0 spiro atoms. The van der Waals surface area contributed by atoms with Gasteiger partial charge in [0.2, 0.25) is 11.8 Å². The Morgan fingerprint density at radius 1 is 0.906 bits per heavy atom. The Labute approximate surface area is 185 Å². The summed E-state index contributed by atoms with van der Waals surface area (Å²) in [5, 5.41) is 19.2. The number of hydrogen-bond acceptors (Lipinski definition) is 4. The van der Waals surface area contributed by atoms with Gasteiger partial charge >= 0.3 is 12.0 Å². The zero-order valence-corrected chi connectivity index (χ0v) is 17.5. The van der Waals surface area contributed by atoms with Gasteiger partial charge in [0.05, 0.1) is 6.42 Å². The lowest BCUT2D eigenvalue weighted by atomic mass is 10.2. The van der Waals surface area contributed by atoms with Crippen LogP contribution in [0.5, 0.6) is 0 Å². The molecule has 4 amide bonds. The van der Waals surface area contributed by atoms with Gasteiger partial charge in [0, 0.05) is 29.9 Å². The van der Waals surface area contributed by atoms with Crippen molar-refractivity contribution < 1.29 is 24.3 Å². The van der Waals surface area contributed by atoms with Crippen LogP contribution in [0.25, 0.3) is 0 Å². The summed E-state index contributed by atoms with van der Waals surface area (Å²) < 4.78 is 0. The summed E-state index contributed by atoms with van der Waals surface area (Å²) in [4.78, 5) is 46.7. The van der Waals surface area contributed by atoms with E-state index in [0.717, 1.165) is 5.56 Å². The fourth-order valence-corrected chi connectivity index (χ4v) is 2.68. The first kappa shape index (κ1) is 24.0. The molecule has 0 aliphatic rings. The van der Waals surface area contributed by atoms with Crippen molar-refractivity contribution in [3.05, 3.63) is 54.1 Å². The van der Waals surface area contributed by atoms with Gasteiger partial charge in [-0.15, -0.1) is 6.42 Å². The van der Waals surface area contributed by atoms with Crippen LogP contribution in [0, 0.1) is 19.3 Å². The third-order valence-corrected chi connectivity index (χ3v) is 4.31. The second-order valence-corrected chi connectivity index (χ2v) is 6.90. The van der Waals surface area contributed by atoms with Crippen LogP contribution in [0.15, 0.2) is 48.5 Å². The molecule has 32 heavy (non-hydrogen) atoms. The van der Waals surface area contributed by atoms with E-state index in [-0.39, 0.29) is 12.8 Å². The van der Waals surface area contributed by atoms with Gasteiger partial charge in [-0.3, -0.25) is 14.4 Å². The van der Waals surface area contributed by atoms with Crippen molar-refractivity contribution in [2.45, 2.75) is 32.2 Å². The van der Waals surface area contributed by atoms with Crippen molar-refractivity contribution in [3.63, 3.8) is 0 Å². The number of urea groups is 1. The average molecular weight is 436 g/mol. The zero-order chi connectivity index (χ0) is 23.5. The average Bonchev–Trinajstić information content (AvgIpc) is 2.74. The van der Waals surface area contributed by atoms with Crippen molar-refractivity contribution in [1.29, 1.82) is 0 Å². The molecular formula is C23H24N4O5. The fraction of sp³-hybridized carbons (Fsp3) is 0.217. The molecule has 166 valence electrons. The quantitative estimate of drug-likeness (QED) is 0.385. The third-order valence-electron chi connectivity index (χ3n) is 4.31. The first-order chi connectivity index (χ1) is 15.3. The van der Waals surface area contributed by atoms with Crippen molar-refractivity contribution in [3.8, 4) is 12.3 Å². The molecule has 0 saturated carbocycles. The molecule has 9 heteroatoms. The number of amides is 4. The summed E-state index contributed by atoms with van der Waals surface area (Å²) >= 11 is 0. The van der Waals surface area contributed by atoms with Gasteiger partial charge in [-0.05, 0) is 42.8 Å². The molecule has 0 heterocycles. The standard InChI is InChI=1S/C23H24N4O5/c1-3-16(14-22(30)31)24-20(28)12-13-21(29)25-17-8-10-18(11-9-17)26-23(32)27-19-7-5-4-6-15(19)2/h1,4-11,16H,12-14H2,2H3,(H,24,28)(H,25,29)(H,30,31)(H2,26,27,32). The number of benzene rings is 2. The highest BCUT2D eigenvalue weighted by molar-refractivity contribution is 6.00. The van der Waals surface area contributed by atoms with E-state index in [2.05, 4.69) is 27.2 Å². The number of carbonyl (C=O) groups is 4. The Balaban J connectivity index is 1.78. The second-order valence-electron chi connectivity index (χ2n) is 6.90. The normalized spacial score (nSPS) is 10.9. The van der Waals surface area contributed by atoms with Crippen LogP contribution in [0.4, 0.5) is 21.9 Å². The van der Waals surface area contributed by atoms with Gasteiger partial charge in [0.15, 0.2) is 0 Å². The lowest BCUT2D eigenvalue weighted by Crippen LogP contribution is -2.35. The number of terminal acetylenes is 1. The largest absolute Gasteiger partial charge is 0.481 e. The summed E-state index contributed by atoms with van der Waals surface area (Å²) in [6, 6.07) is 12.6. The molecule has 0 aromatic heterocycles. The highest BCUT2D eigenvalue weighted by Gasteiger charge is 2.14. The highest BCUT2D eigenvalue weighted by Crippen LogP contribution is 2.16. The summed E-state index contributed by atoms with van der Waals surface area (Å²) in [6.45, 7) is 1.89. The van der Waals surface area contributed by atoms with Gasteiger partial charge in [-0.2, -0.15) is 0 Å². The van der Waals surface area contributed by atoms with Gasteiger partial charge in [-0.25, -0.2) is 4.79 Å². The maximum atomic E-state index is 12.1. The highest BCUT2D eigenvalue weighted by atomic mass is 16.4. The number of anilines is 3. The number of aryl methyl sites for hydroxylation is 1. The zero-order valence-electron chi connectivity index (χ0n) is 17.5. The number of carbonyl (C=O) groups excluding carboxylic acids is 3. The molecule has 0 radical (unpaired) electrons. The minimum Gasteiger partial charge on any atom is -0.481 e. The second kappa shape index (κ2) is 11.8. The topological polar surface area (TPSA) is 137 Å². The maximum Gasteiger partial charge on any atom is 0.323 e. The molecule has 0 aliphatic heterocycles. The first-order valence-corrected chi connectivity index (χ1v) is 9.77. The van der Waals surface area contributed by atoms with Gasteiger partial charge < -0.3 is 26.4 Å². The molecule has 2 aromatic carbocycles. The van der Waals surface area contributed by atoms with Crippen LogP contribution >= 0.6 is 0 Å². The molecule has 9 nitrogen and oxygen atoms in total. The maximum absolute atomic E-state index is 12.1. The Morgan fingerprint density at radius 2 is 1.50 bits per heavy atom. The van der Waals surface area contributed by atoms with Crippen LogP contribution < -0.4 is 21.3 Å². The number of carboxylic acids is 1. The minimum atomic E-state index is -1.13. The van der Waals surface area contributed by atoms with Crippen LogP contribution in [-0.4, -0.2) is 35.0 Å². The smallest absolute Gasteiger partial charge is 0.323 e. The van der Waals surface area contributed by atoms with Gasteiger partial charge in [0.25, 0.3) is 0 Å². The van der Waals surface area contributed by atoms with E-state index in [1.54, 1.807) is 30.3 Å². The van der Waals surface area contributed by atoms with E-state index < -0.39 is 36.3 Å².